The van der Waals surface area contributed by atoms with Gasteiger partial charge in [-0.2, -0.15) is 0 Å². The SMILES string of the molecule is O=c1cncc(-c2ncc(Br)cn2)[nH]1. The highest BCUT2D eigenvalue weighted by molar-refractivity contribution is 9.10. The molecule has 0 aliphatic heterocycles. The van der Waals surface area contributed by atoms with Crippen molar-refractivity contribution in [2.75, 3.05) is 0 Å². The highest BCUT2D eigenvalue weighted by atomic mass is 79.9. The molecule has 6 heteroatoms. The molecule has 0 saturated heterocycles. The third kappa shape index (κ3) is 1.85. The van der Waals surface area contributed by atoms with Gasteiger partial charge in [-0.25, -0.2) is 9.97 Å². The molecule has 1 N–H and O–H groups in total. The molecular weight excluding hydrogens is 248 g/mol. The maximum Gasteiger partial charge on any atom is 0.266 e. The number of aromatic nitrogens is 4. The Morgan fingerprint density at radius 1 is 1.14 bits per heavy atom. The van der Waals surface area contributed by atoms with Crippen LogP contribution >= 0.6 is 15.9 Å². The van der Waals surface area contributed by atoms with Gasteiger partial charge in [0.05, 0.1) is 16.9 Å². The molecule has 0 saturated carbocycles. The molecule has 0 bridgehead atoms. The standard InChI is InChI=1S/C8H5BrN4O/c9-5-1-11-8(12-2-5)6-3-10-4-7(14)13-6/h1-4H,(H,13,14). The minimum Gasteiger partial charge on any atom is -0.317 e. The lowest BCUT2D eigenvalue weighted by Gasteiger charge is -1.97. The zero-order chi connectivity index (χ0) is 9.97. The van der Waals surface area contributed by atoms with Crippen molar-refractivity contribution in [3.05, 3.63) is 39.6 Å². The van der Waals surface area contributed by atoms with E-state index < -0.39 is 0 Å². The van der Waals surface area contributed by atoms with Crippen LogP contribution in [0.25, 0.3) is 11.5 Å². The summed E-state index contributed by atoms with van der Waals surface area (Å²) >= 11 is 3.22. The summed E-state index contributed by atoms with van der Waals surface area (Å²) in [5, 5.41) is 0. The van der Waals surface area contributed by atoms with Crippen LogP contribution in [0.2, 0.25) is 0 Å². The average molecular weight is 253 g/mol. The molecule has 2 aromatic rings. The minimum absolute atomic E-state index is 0.269. The molecule has 14 heavy (non-hydrogen) atoms. The van der Waals surface area contributed by atoms with Crippen molar-refractivity contribution in [1.29, 1.82) is 0 Å². The number of nitrogens with one attached hydrogen (secondary N) is 1. The first-order chi connectivity index (χ1) is 6.75. The predicted molar refractivity (Wildman–Crippen MR) is 53.6 cm³/mol. The first-order valence-electron chi connectivity index (χ1n) is 3.78. The van der Waals surface area contributed by atoms with E-state index in [-0.39, 0.29) is 5.56 Å². The van der Waals surface area contributed by atoms with E-state index in [0.29, 0.717) is 11.5 Å². The number of H-pyrrole nitrogens is 1. The molecule has 2 rings (SSSR count). The number of hydrogen-bond acceptors (Lipinski definition) is 4. The Balaban J connectivity index is 2.50. The van der Waals surface area contributed by atoms with Gasteiger partial charge in [0.25, 0.3) is 5.56 Å². The van der Waals surface area contributed by atoms with E-state index in [1.165, 1.54) is 12.4 Å². The molecule has 0 aliphatic carbocycles. The van der Waals surface area contributed by atoms with Gasteiger partial charge >= 0.3 is 0 Å². The fourth-order valence-electron chi connectivity index (χ4n) is 0.942. The molecule has 0 aliphatic rings. The quantitative estimate of drug-likeness (QED) is 0.822. The summed E-state index contributed by atoms with van der Waals surface area (Å²) in [6, 6.07) is 0. The Hall–Kier alpha value is -1.56. The molecule has 0 aromatic carbocycles. The highest BCUT2D eigenvalue weighted by Crippen LogP contribution is 2.10. The molecule has 5 nitrogen and oxygen atoms in total. The van der Waals surface area contributed by atoms with Crippen LogP contribution in [-0.2, 0) is 0 Å². The van der Waals surface area contributed by atoms with E-state index in [4.69, 9.17) is 0 Å². The third-order valence-electron chi connectivity index (χ3n) is 1.51. The van der Waals surface area contributed by atoms with Crippen LogP contribution in [0.1, 0.15) is 0 Å². The number of aromatic amines is 1. The number of hydrogen-bond donors (Lipinski definition) is 1. The van der Waals surface area contributed by atoms with E-state index in [0.717, 1.165) is 4.47 Å². The molecule has 2 heterocycles. The van der Waals surface area contributed by atoms with E-state index in [1.54, 1.807) is 12.4 Å². The van der Waals surface area contributed by atoms with Crippen molar-refractivity contribution in [2.45, 2.75) is 0 Å². The Morgan fingerprint density at radius 2 is 1.86 bits per heavy atom. The van der Waals surface area contributed by atoms with Crippen LogP contribution in [0.5, 0.6) is 0 Å². The summed E-state index contributed by atoms with van der Waals surface area (Å²) in [5.74, 6) is 0.443. The number of nitrogens with zero attached hydrogens (tertiary/aromatic N) is 3. The van der Waals surface area contributed by atoms with E-state index in [1.807, 2.05) is 0 Å². The molecule has 70 valence electrons. The Morgan fingerprint density at radius 3 is 2.50 bits per heavy atom. The summed E-state index contributed by atoms with van der Waals surface area (Å²) in [5.41, 5.74) is 0.235. The van der Waals surface area contributed by atoms with Crippen molar-refractivity contribution < 1.29 is 0 Å². The lowest BCUT2D eigenvalue weighted by Crippen LogP contribution is -2.06. The lowest BCUT2D eigenvalue weighted by molar-refractivity contribution is 1.08. The molecule has 0 unspecified atom stereocenters. The van der Waals surface area contributed by atoms with Gasteiger partial charge in [-0.1, -0.05) is 0 Å². The van der Waals surface area contributed by atoms with Crippen LogP contribution in [-0.4, -0.2) is 19.9 Å². The third-order valence-corrected chi connectivity index (χ3v) is 1.92. The first kappa shape index (κ1) is 9.01. The van der Waals surface area contributed by atoms with E-state index in [9.17, 15) is 4.79 Å². The van der Waals surface area contributed by atoms with E-state index >= 15 is 0 Å². The van der Waals surface area contributed by atoms with Gasteiger partial charge in [0.2, 0.25) is 0 Å². The van der Waals surface area contributed by atoms with Gasteiger partial charge < -0.3 is 4.98 Å². The molecular formula is C8H5BrN4O. The summed E-state index contributed by atoms with van der Waals surface area (Å²) in [6.45, 7) is 0. The van der Waals surface area contributed by atoms with Crippen molar-refractivity contribution in [3.63, 3.8) is 0 Å². The normalized spacial score (nSPS) is 10.1. The molecule has 0 amide bonds. The van der Waals surface area contributed by atoms with Gasteiger partial charge in [0.1, 0.15) is 5.69 Å². The fourth-order valence-corrected chi connectivity index (χ4v) is 1.15. The molecule has 0 radical (unpaired) electrons. The van der Waals surface area contributed by atoms with E-state index in [2.05, 4.69) is 35.9 Å². The molecule has 0 atom stereocenters. The number of rotatable bonds is 1. The summed E-state index contributed by atoms with van der Waals surface area (Å²) < 4.78 is 0.785. The van der Waals surface area contributed by atoms with Gasteiger partial charge in [0, 0.05) is 12.4 Å². The van der Waals surface area contributed by atoms with Crippen molar-refractivity contribution in [3.8, 4) is 11.5 Å². The smallest absolute Gasteiger partial charge is 0.266 e. The molecule has 2 aromatic heterocycles. The highest BCUT2D eigenvalue weighted by Gasteiger charge is 2.01. The van der Waals surface area contributed by atoms with Crippen molar-refractivity contribution in [2.24, 2.45) is 0 Å². The average Bonchev–Trinajstić information content (AvgIpc) is 2.19. The second kappa shape index (κ2) is 3.67. The Labute approximate surface area is 87.4 Å². The van der Waals surface area contributed by atoms with Crippen LogP contribution in [0.15, 0.2) is 34.1 Å². The van der Waals surface area contributed by atoms with Crippen LogP contribution in [0, 0.1) is 0 Å². The van der Waals surface area contributed by atoms with Gasteiger partial charge in [0.15, 0.2) is 5.82 Å². The second-order valence-corrected chi connectivity index (χ2v) is 3.45. The second-order valence-electron chi connectivity index (χ2n) is 2.54. The molecule has 0 fully saturated rings. The number of halogens is 1. The predicted octanol–water partition coefficient (Wildman–Crippen LogP) is 0.989. The minimum atomic E-state index is -0.269. The molecule has 0 spiro atoms. The maximum atomic E-state index is 10.9. The monoisotopic (exact) mass is 252 g/mol. The Bertz CT molecular complexity index is 493. The summed E-state index contributed by atoms with van der Waals surface area (Å²) in [7, 11) is 0. The maximum absolute atomic E-state index is 10.9. The summed E-state index contributed by atoms with van der Waals surface area (Å²) in [6.07, 6.45) is 5.91. The van der Waals surface area contributed by atoms with Crippen molar-refractivity contribution >= 4 is 15.9 Å². The van der Waals surface area contributed by atoms with Gasteiger partial charge in [-0.15, -0.1) is 0 Å². The summed E-state index contributed by atoms with van der Waals surface area (Å²) in [4.78, 5) is 25.3. The zero-order valence-corrected chi connectivity index (χ0v) is 8.52. The zero-order valence-electron chi connectivity index (χ0n) is 6.94. The largest absolute Gasteiger partial charge is 0.317 e. The first-order valence-corrected chi connectivity index (χ1v) is 4.57. The van der Waals surface area contributed by atoms with Gasteiger partial charge in [-0.05, 0) is 15.9 Å². The Kier molecular flexibility index (Phi) is 2.36. The lowest BCUT2D eigenvalue weighted by atomic mass is 10.4. The topological polar surface area (TPSA) is 71.5 Å². The van der Waals surface area contributed by atoms with Crippen LogP contribution in [0.3, 0.4) is 0 Å². The van der Waals surface area contributed by atoms with Crippen molar-refractivity contribution in [1.82, 2.24) is 19.9 Å². The fraction of sp³-hybridized carbons (Fsp3) is 0. The van der Waals surface area contributed by atoms with Gasteiger partial charge in [-0.3, -0.25) is 9.78 Å². The van der Waals surface area contributed by atoms with Crippen LogP contribution < -0.4 is 5.56 Å². The van der Waals surface area contributed by atoms with Crippen LogP contribution in [0.4, 0.5) is 0 Å².